The number of rotatable bonds is 7. The van der Waals surface area contributed by atoms with Gasteiger partial charge in [0.15, 0.2) is 5.82 Å². The number of hydrogen-bond donors (Lipinski definition) is 2. The van der Waals surface area contributed by atoms with Crippen LogP contribution in [-0.4, -0.2) is 39.7 Å². The van der Waals surface area contributed by atoms with Crippen molar-refractivity contribution in [1.82, 2.24) is 9.97 Å². The van der Waals surface area contributed by atoms with Gasteiger partial charge in [0.05, 0.1) is 0 Å². The Bertz CT molecular complexity index is 516. The Morgan fingerprint density at radius 3 is 2.75 bits per heavy atom. The molecule has 5 heteroatoms. The second-order valence-corrected chi connectivity index (χ2v) is 5.35. The first-order valence-electron chi connectivity index (χ1n) is 6.58. The summed E-state index contributed by atoms with van der Waals surface area (Å²) in [6.45, 7) is 0.175. The van der Waals surface area contributed by atoms with E-state index in [1.807, 2.05) is 36.4 Å². The molecule has 2 N–H and O–H groups in total. The normalized spacial score (nSPS) is 12.1. The number of aromatic nitrogens is 2. The average Bonchev–Trinajstić information content (AvgIpc) is 2.49. The molecule has 0 fully saturated rings. The van der Waals surface area contributed by atoms with Gasteiger partial charge in [0.25, 0.3) is 0 Å². The van der Waals surface area contributed by atoms with Crippen LogP contribution in [-0.2, 0) is 0 Å². The van der Waals surface area contributed by atoms with Gasteiger partial charge in [0.2, 0.25) is 0 Å². The van der Waals surface area contributed by atoms with Gasteiger partial charge >= 0.3 is 0 Å². The molecular formula is C15H19N3OS. The number of anilines is 1. The van der Waals surface area contributed by atoms with Crippen LogP contribution in [0.4, 0.5) is 5.82 Å². The van der Waals surface area contributed by atoms with Gasteiger partial charge in [-0.25, -0.2) is 9.97 Å². The van der Waals surface area contributed by atoms with Crippen LogP contribution in [0.2, 0.25) is 0 Å². The molecule has 0 spiro atoms. The molecule has 0 aliphatic rings. The fourth-order valence-corrected chi connectivity index (χ4v) is 2.58. The highest BCUT2D eigenvalue weighted by atomic mass is 32.2. The minimum atomic E-state index is 0.175. The minimum absolute atomic E-state index is 0.175. The zero-order chi connectivity index (χ0) is 14.2. The SMILES string of the molecule is CSCC(CCO)Nc1ccnc(-c2ccccc2)n1. The van der Waals surface area contributed by atoms with Gasteiger partial charge < -0.3 is 10.4 Å². The maximum Gasteiger partial charge on any atom is 0.161 e. The molecule has 20 heavy (non-hydrogen) atoms. The van der Waals surface area contributed by atoms with Crippen LogP contribution < -0.4 is 5.32 Å². The van der Waals surface area contributed by atoms with Crippen molar-refractivity contribution in [3.8, 4) is 11.4 Å². The molecule has 1 aromatic carbocycles. The predicted molar refractivity (Wildman–Crippen MR) is 85.0 cm³/mol. The molecule has 0 radical (unpaired) electrons. The summed E-state index contributed by atoms with van der Waals surface area (Å²) in [7, 11) is 0. The molecule has 0 aliphatic heterocycles. The van der Waals surface area contributed by atoms with Gasteiger partial charge in [-0.1, -0.05) is 30.3 Å². The number of hydrogen-bond acceptors (Lipinski definition) is 5. The third-order valence-corrected chi connectivity index (χ3v) is 3.62. The van der Waals surface area contributed by atoms with E-state index in [-0.39, 0.29) is 12.6 Å². The lowest BCUT2D eigenvalue weighted by Gasteiger charge is -2.17. The minimum Gasteiger partial charge on any atom is -0.396 e. The Hall–Kier alpha value is -1.59. The molecule has 1 unspecified atom stereocenters. The second-order valence-electron chi connectivity index (χ2n) is 4.44. The summed E-state index contributed by atoms with van der Waals surface area (Å²) in [5.74, 6) is 2.44. The number of nitrogens with one attached hydrogen (secondary N) is 1. The summed E-state index contributed by atoms with van der Waals surface area (Å²) in [5, 5.41) is 12.5. The lowest BCUT2D eigenvalue weighted by atomic mass is 10.2. The van der Waals surface area contributed by atoms with E-state index in [2.05, 4.69) is 21.5 Å². The molecule has 1 atom stereocenters. The third kappa shape index (κ3) is 4.21. The molecule has 1 aromatic heterocycles. The first-order valence-corrected chi connectivity index (χ1v) is 7.97. The summed E-state index contributed by atoms with van der Waals surface area (Å²) in [4.78, 5) is 8.84. The van der Waals surface area contributed by atoms with Crippen molar-refractivity contribution in [2.75, 3.05) is 23.9 Å². The predicted octanol–water partition coefficient (Wildman–Crippen LogP) is 2.67. The molecule has 0 bridgehead atoms. The van der Waals surface area contributed by atoms with Crippen molar-refractivity contribution in [3.63, 3.8) is 0 Å². The first-order chi connectivity index (χ1) is 9.83. The van der Waals surface area contributed by atoms with E-state index in [4.69, 9.17) is 5.11 Å². The number of benzene rings is 1. The van der Waals surface area contributed by atoms with Gasteiger partial charge in [-0.3, -0.25) is 0 Å². The van der Waals surface area contributed by atoms with Gasteiger partial charge in [-0.05, 0) is 18.7 Å². The van der Waals surface area contributed by atoms with E-state index < -0.39 is 0 Å². The molecule has 0 amide bonds. The van der Waals surface area contributed by atoms with Crippen LogP contribution >= 0.6 is 11.8 Å². The van der Waals surface area contributed by atoms with Gasteiger partial charge in [-0.2, -0.15) is 11.8 Å². The Morgan fingerprint density at radius 1 is 1.25 bits per heavy atom. The topological polar surface area (TPSA) is 58.0 Å². The van der Waals surface area contributed by atoms with E-state index in [0.717, 1.165) is 17.1 Å². The van der Waals surface area contributed by atoms with E-state index in [1.54, 1.807) is 18.0 Å². The lowest BCUT2D eigenvalue weighted by Crippen LogP contribution is -2.24. The van der Waals surface area contributed by atoms with Crippen LogP contribution in [0.3, 0.4) is 0 Å². The van der Waals surface area contributed by atoms with E-state index >= 15 is 0 Å². The van der Waals surface area contributed by atoms with E-state index in [1.165, 1.54) is 0 Å². The van der Waals surface area contributed by atoms with Crippen molar-refractivity contribution >= 4 is 17.6 Å². The van der Waals surface area contributed by atoms with Crippen LogP contribution in [0.15, 0.2) is 42.6 Å². The van der Waals surface area contributed by atoms with Crippen molar-refractivity contribution < 1.29 is 5.11 Å². The number of nitrogens with zero attached hydrogens (tertiary/aromatic N) is 2. The Balaban J connectivity index is 2.13. The zero-order valence-electron chi connectivity index (χ0n) is 11.5. The smallest absolute Gasteiger partial charge is 0.161 e. The number of thioether (sulfide) groups is 1. The molecule has 1 heterocycles. The molecule has 0 aliphatic carbocycles. The summed E-state index contributed by atoms with van der Waals surface area (Å²) in [5.41, 5.74) is 1.000. The molecule has 2 rings (SSSR count). The van der Waals surface area contributed by atoms with Crippen molar-refractivity contribution in [2.24, 2.45) is 0 Å². The van der Waals surface area contributed by atoms with E-state index in [0.29, 0.717) is 12.2 Å². The monoisotopic (exact) mass is 289 g/mol. The van der Waals surface area contributed by atoms with E-state index in [9.17, 15) is 0 Å². The summed E-state index contributed by atoms with van der Waals surface area (Å²) in [6.07, 6.45) is 4.53. The van der Waals surface area contributed by atoms with Gasteiger partial charge in [0.1, 0.15) is 5.82 Å². The van der Waals surface area contributed by atoms with Crippen molar-refractivity contribution in [1.29, 1.82) is 0 Å². The summed E-state index contributed by atoms with van der Waals surface area (Å²) >= 11 is 1.75. The van der Waals surface area contributed by atoms with Crippen molar-refractivity contribution in [2.45, 2.75) is 12.5 Å². The van der Waals surface area contributed by atoms with Crippen LogP contribution in [0.25, 0.3) is 11.4 Å². The molecule has 0 saturated heterocycles. The first kappa shape index (κ1) is 14.8. The van der Waals surface area contributed by atoms with Crippen LogP contribution in [0, 0.1) is 0 Å². The third-order valence-electron chi connectivity index (χ3n) is 2.88. The quantitative estimate of drug-likeness (QED) is 0.820. The van der Waals surface area contributed by atoms with Gasteiger partial charge in [-0.15, -0.1) is 0 Å². The maximum absolute atomic E-state index is 9.09. The second kappa shape index (κ2) is 7.87. The molecule has 0 saturated carbocycles. The summed E-state index contributed by atoms with van der Waals surface area (Å²) in [6, 6.07) is 12.0. The number of aliphatic hydroxyl groups is 1. The zero-order valence-corrected chi connectivity index (χ0v) is 12.3. The molecule has 4 nitrogen and oxygen atoms in total. The van der Waals surface area contributed by atoms with Crippen LogP contribution in [0.5, 0.6) is 0 Å². The maximum atomic E-state index is 9.09. The fourth-order valence-electron chi connectivity index (χ4n) is 1.93. The van der Waals surface area contributed by atoms with Crippen LogP contribution in [0.1, 0.15) is 6.42 Å². The average molecular weight is 289 g/mol. The lowest BCUT2D eigenvalue weighted by molar-refractivity contribution is 0.282. The highest BCUT2D eigenvalue weighted by Crippen LogP contribution is 2.16. The van der Waals surface area contributed by atoms with Crippen molar-refractivity contribution in [3.05, 3.63) is 42.6 Å². The highest BCUT2D eigenvalue weighted by Gasteiger charge is 2.09. The molecule has 2 aromatic rings. The largest absolute Gasteiger partial charge is 0.396 e. The molecule has 106 valence electrons. The fraction of sp³-hybridized carbons (Fsp3) is 0.333. The Labute approximate surface area is 123 Å². The Kier molecular flexibility index (Phi) is 5.83. The standard InChI is InChI=1S/C15H19N3OS/c1-20-11-13(8-10-19)17-14-7-9-16-15(18-14)12-5-3-2-4-6-12/h2-7,9,13,19H,8,10-11H2,1H3,(H,16,17,18). The Morgan fingerprint density at radius 2 is 2.05 bits per heavy atom. The molecular weight excluding hydrogens is 270 g/mol. The summed E-state index contributed by atoms with van der Waals surface area (Å²) < 4.78 is 0. The number of aliphatic hydroxyl groups excluding tert-OH is 1. The van der Waals surface area contributed by atoms with Gasteiger partial charge in [0, 0.05) is 30.2 Å². The highest BCUT2D eigenvalue weighted by molar-refractivity contribution is 7.98.